The van der Waals surface area contributed by atoms with E-state index in [1.165, 1.54) is 12.8 Å². The number of rotatable bonds is 3. The Morgan fingerprint density at radius 1 is 1.11 bits per heavy atom. The summed E-state index contributed by atoms with van der Waals surface area (Å²) in [6, 6.07) is 2.37. The molecule has 1 aliphatic carbocycles. The normalized spacial score (nSPS) is 26.6. The molecule has 1 aliphatic heterocycles. The summed E-state index contributed by atoms with van der Waals surface area (Å²) in [5, 5.41) is 9.31. The van der Waals surface area contributed by atoms with Gasteiger partial charge in [-0.1, -0.05) is 20.8 Å². The van der Waals surface area contributed by atoms with E-state index in [9.17, 15) is 5.26 Å². The lowest BCUT2D eigenvalue weighted by Gasteiger charge is -2.40. The van der Waals surface area contributed by atoms with Crippen LogP contribution in [0.3, 0.4) is 0 Å². The zero-order valence-corrected chi connectivity index (χ0v) is 12.1. The van der Waals surface area contributed by atoms with E-state index in [0.29, 0.717) is 11.3 Å². The van der Waals surface area contributed by atoms with E-state index in [4.69, 9.17) is 5.73 Å². The lowest BCUT2D eigenvalue weighted by atomic mass is 9.75. The monoisotopic (exact) mass is 249 g/mol. The van der Waals surface area contributed by atoms with Gasteiger partial charge < -0.3 is 10.6 Å². The van der Waals surface area contributed by atoms with Gasteiger partial charge in [0, 0.05) is 6.54 Å². The summed E-state index contributed by atoms with van der Waals surface area (Å²) >= 11 is 0. The van der Waals surface area contributed by atoms with Crippen molar-refractivity contribution < 1.29 is 0 Å². The fourth-order valence-corrected chi connectivity index (χ4v) is 3.18. The van der Waals surface area contributed by atoms with Crippen LogP contribution in [0.25, 0.3) is 0 Å². The summed E-state index contributed by atoms with van der Waals surface area (Å²) in [4.78, 5) is 2.41. The van der Waals surface area contributed by atoms with Gasteiger partial charge in [-0.3, -0.25) is 0 Å². The van der Waals surface area contributed by atoms with Crippen LogP contribution in [0.4, 0.5) is 0 Å². The summed E-state index contributed by atoms with van der Waals surface area (Å²) in [6.45, 7) is 9.98. The smallest absolute Gasteiger partial charge is 0.119 e. The molecule has 2 rings (SSSR count). The summed E-state index contributed by atoms with van der Waals surface area (Å²) in [7, 11) is 0. The summed E-state index contributed by atoms with van der Waals surface area (Å²) in [5.41, 5.74) is 6.08. The SMILES string of the molecule is CC(C)(C)C1CCN(CC(N)(C#N)C2CC2)CC1. The number of piperidine rings is 1. The third kappa shape index (κ3) is 3.05. The predicted octanol–water partition coefficient (Wildman–Crippen LogP) is 2.38. The van der Waals surface area contributed by atoms with E-state index >= 15 is 0 Å². The molecule has 0 aromatic rings. The number of hydrogen-bond acceptors (Lipinski definition) is 3. The molecule has 1 atom stereocenters. The first-order valence-corrected chi connectivity index (χ1v) is 7.27. The van der Waals surface area contributed by atoms with Crippen molar-refractivity contribution in [3.63, 3.8) is 0 Å². The Morgan fingerprint density at radius 2 is 1.67 bits per heavy atom. The largest absolute Gasteiger partial charge is 0.312 e. The van der Waals surface area contributed by atoms with Crippen molar-refractivity contribution in [1.29, 1.82) is 5.26 Å². The van der Waals surface area contributed by atoms with Crippen molar-refractivity contribution in [1.82, 2.24) is 4.90 Å². The van der Waals surface area contributed by atoms with E-state index in [1.54, 1.807) is 0 Å². The summed E-state index contributed by atoms with van der Waals surface area (Å²) < 4.78 is 0. The molecular formula is C15H27N3. The van der Waals surface area contributed by atoms with Gasteiger partial charge in [0.15, 0.2) is 0 Å². The number of likely N-dealkylation sites (tertiary alicyclic amines) is 1. The molecule has 0 bridgehead atoms. The zero-order valence-electron chi connectivity index (χ0n) is 12.1. The molecular weight excluding hydrogens is 222 g/mol. The molecule has 1 saturated carbocycles. The molecule has 18 heavy (non-hydrogen) atoms. The average Bonchev–Trinajstić information content (AvgIpc) is 3.12. The lowest BCUT2D eigenvalue weighted by molar-refractivity contribution is 0.0993. The Hall–Kier alpha value is -0.590. The second-order valence-electron chi connectivity index (χ2n) is 7.34. The number of nitriles is 1. The van der Waals surface area contributed by atoms with Crippen LogP contribution in [0.15, 0.2) is 0 Å². The van der Waals surface area contributed by atoms with Crippen molar-refractivity contribution in [3.05, 3.63) is 0 Å². The first kappa shape index (κ1) is 13.8. The fraction of sp³-hybridized carbons (Fsp3) is 0.933. The van der Waals surface area contributed by atoms with Crippen LogP contribution in [-0.2, 0) is 0 Å². The van der Waals surface area contributed by atoms with Gasteiger partial charge in [0.25, 0.3) is 0 Å². The Labute approximate surface area is 111 Å². The zero-order chi connectivity index (χ0) is 13.4. The molecule has 2 aliphatic rings. The van der Waals surface area contributed by atoms with Crippen molar-refractivity contribution in [2.75, 3.05) is 19.6 Å². The number of nitrogens with two attached hydrogens (primary N) is 1. The van der Waals surface area contributed by atoms with Crippen LogP contribution < -0.4 is 5.73 Å². The van der Waals surface area contributed by atoms with Crippen molar-refractivity contribution in [3.8, 4) is 6.07 Å². The van der Waals surface area contributed by atoms with Crippen LogP contribution in [0.5, 0.6) is 0 Å². The second kappa shape index (κ2) is 4.83. The van der Waals surface area contributed by atoms with Crippen molar-refractivity contribution in [2.45, 2.75) is 52.0 Å². The summed E-state index contributed by atoms with van der Waals surface area (Å²) in [6.07, 6.45) is 4.77. The van der Waals surface area contributed by atoms with E-state index in [0.717, 1.165) is 38.4 Å². The first-order valence-electron chi connectivity index (χ1n) is 7.27. The molecule has 102 valence electrons. The quantitative estimate of drug-likeness (QED) is 0.835. The molecule has 2 N–H and O–H groups in total. The minimum absolute atomic E-state index is 0.414. The Morgan fingerprint density at radius 3 is 2.06 bits per heavy atom. The van der Waals surface area contributed by atoms with Crippen LogP contribution >= 0.6 is 0 Å². The molecule has 3 nitrogen and oxygen atoms in total. The van der Waals surface area contributed by atoms with Gasteiger partial charge in [0.1, 0.15) is 5.54 Å². The molecule has 3 heteroatoms. The summed E-state index contributed by atoms with van der Waals surface area (Å²) in [5.74, 6) is 1.26. The minimum atomic E-state index is -0.589. The number of hydrogen-bond donors (Lipinski definition) is 1. The van der Waals surface area contributed by atoms with Gasteiger partial charge in [0.2, 0.25) is 0 Å². The van der Waals surface area contributed by atoms with Crippen molar-refractivity contribution >= 4 is 0 Å². The van der Waals surface area contributed by atoms with Gasteiger partial charge in [-0.2, -0.15) is 5.26 Å². The van der Waals surface area contributed by atoms with Gasteiger partial charge in [0.05, 0.1) is 6.07 Å². The van der Waals surface area contributed by atoms with Gasteiger partial charge in [-0.15, -0.1) is 0 Å². The Balaban J connectivity index is 1.85. The predicted molar refractivity (Wildman–Crippen MR) is 73.9 cm³/mol. The second-order valence-corrected chi connectivity index (χ2v) is 7.34. The van der Waals surface area contributed by atoms with Crippen LogP contribution in [0, 0.1) is 28.6 Å². The molecule has 0 amide bonds. The van der Waals surface area contributed by atoms with Gasteiger partial charge in [-0.25, -0.2) is 0 Å². The maximum absolute atomic E-state index is 9.31. The van der Waals surface area contributed by atoms with E-state index in [2.05, 4.69) is 31.7 Å². The standard InChI is InChI=1S/C15H27N3/c1-14(2,3)12-6-8-18(9-7-12)11-15(17,10-16)13-4-5-13/h12-13H,4-9,11,17H2,1-3H3. The fourth-order valence-electron chi connectivity index (χ4n) is 3.18. The molecule has 0 radical (unpaired) electrons. The van der Waals surface area contributed by atoms with Crippen LogP contribution in [0.1, 0.15) is 46.5 Å². The molecule has 1 unspecified atom stereocenters. The molecule has 1 heterocycles. The lowest BCUT2D eigenvalue weighted by Crippen LogP contribution is -2.53. The van der Waals surface area contributed by atoms with E-state index < -0.39 is 5.54 Å². The van der Waals surface area contributed by atoms with E-state index in [-0.39, 0.29) is 0 Å². The molecule has 2 fully saturated rings. The highest BCUT2D eigenvalue weighted by molar-refractivity contribution is 5.14. The third-order valence-corrected chi connectivity index (χ3v) is 4.81. The topological polar surface area (TPSA) is 53.0 Å². The number of nitrogens with zero attached hydrogens (tertiary/aromatic N) is 2. The minimum Gasteiger partial charge on any atom is -0.312 e. The third-order valence-electron chi connectivity index (χ3n) is 4.81. The highest BCUT2D eigenvalue weighted by Crippen LogP contribution is 2.39. The van der Waals surface area contributed by atoms with E-state index in [1.807, 2.05) is 0 Å². The molecule has 0 aromatic heterocycles. The van der Waals surface area contributed by atoms with Gasteiger partial charge >= 0.3 is 0 Å². The average molecular weight is 249 g/mol. The van der Waals surface area contributed by atoms with Crippen LogP contribution in [-0.4, -0.2) is 30.1 Å². The van der Waals surface area contributed by atoms with Crippen molar-refractivity contribution in [2.24, 2.45) is 23.0 Å². The Kier molecular flexibility index (Phi) is 3.71. The Bertz CT molecular complexity index is 327. The molecule has 1 saturated heterocycles. The highest BCUT2D eigenvalue weighted by Gasteiger charge is 2.44. The van der Waals surface area contributed by atoms with Crippen LogP contribution in [0.2, 0.25) is 0 Å². The maximum atomic E-state index is 9.31. The maximum Gasteiger partial charge on any atom is 0.119 e. The van der Waals surface area contributed by atoms with Gasteiger partial charge in [-0.05, 0) is 56.0 Å². The molecule has 0 aromatic carbocycles. The first-order chi connectivity index (χ1) is 8.35. The molecule has 0 spiro atoms. The highest BCUT2D eigenvalue weighted by atomic mass is 15.2.